The zero-order chi connectivity index (χ0) is 9.40. The standard InChI is InChI=1S/C8H12O4.2Ca.4H/c1-3-11-7(9)5-6-8(10)12-4-2;;;;;;/h5-6H,3-4H2,1-2H3;;;;;;/b6-5+;;;;;;. The first-order valence-electron chi connectivity index (χ1n) is 3.72. The predicted octanol–water partition coefficient (Wildman–Crippen LogP) is -1.16. The van der Waals surface area contributed by atoms with E-state index in [1.165, 1.54) is 0 Å². The van der Waals surface area contributed by atoms with Crippen LogP contribution in [0.5, 0.6) is 0 Å². The number of ether oxygens (including phenoxy) is 2. The van der Waals surface area contributed by atoms with Gasteiger partial charge in [-0.25, -0.2) is 9.59 Å². The Labute approximate surface area is 143 Å². The van der Waals surface area contributed by atoms with E-state index in [2.05, 4.69) is 9.47 Å². The number of esters is 2. The van der Waals surface area contributed by atoms with Gasteiger partial charge in [-0.3, -0.25) is 0 Å². The summed E-state index contributed by atoms with van der Waals surface area (Å²) in [7, 11) is 0. The van der Waals surface area contributed by atoms with Gasteiger partial charge in [-0.1, -0.05) is 0 Å². The molecule has 0 saturated heterocycles. The molecule has 0 heterocycles. The molecule has 0 bridgehead atoms. The molecular formula is C8H16Ca2O4. The molecule has 0 aromatic rings. The summed E-state index contributed by atoms with van der Waals surface area (Å²) >= 11 is 0. The van der Waals surface area contributed by atoms with Crippen LogP contribution in [0.4, 0.5) is 0 Å². The zero-order valence-electron chi connectivity index (χ0n) is 7.20. The fourth-order valence-corrected chi connectivity index (χ4v) is 0.517. The van der Waals surface area contributed by atoms with Crippen molar-refractivity contribution in [1.82, 2.24) is 0 Å². The minimum absolute atomic E-state index is 0. The summed E-state index contributed by atoms with van der Waals surface area (Å²) in [5, 5.41) is 0. The van der Waals surface area contributed by atoms with Crippen molar-refractivity contribution >= 4 is 87.4 Å². The molecular weight excluding hydrogens is 240 g/mol. The van der Waals surface area contributed by atoms with E-state index in [1.807, 2.05) is 0 Å². The number of rotatable bonds is 4. The van der Waals surface area contributed by atoms with E-state index in [4.69, 9.17) is 0 Å². The summed E-state index contributed by atoms with van der Waals surface area (Å²) in [4.78, 5) is 21.3. The molecule has 0 aliphatic rings. The van der Waals surface area contributed by atoms with Crippen LogP contribution >= 0.6 is 0 Å². The van der Waals surface area contributed by atoms with Crippen molar-refractivity contribution in [2.45, 2.75) is 13.8 Å². The molecule has 0 unspecified atom stereocenters. The molecule has 4 nitrogen and oxygen atoms in total. The quantitative estimate of drug-likeness (QED) is 0.362. The van der Waals surface area contributed by atoms with Crippen molar-refractivity contribution in [3.05, 3.63) is 12.2 Å². The second kappa shape index (κ2) is 14.2. The van der Waals surface area contributed by atoms with Crippen molar-refractivity contribution < 1.29 is 19.1 Å². The van der Waals surface area contributed by atoms with Crippen LogP contribution in [0.2, 0.25) is 0 Å². The summed E-state index contributed by atoms with van der Waals surface area (Å²) in [6.07, 6.45) is 2.09. The molecule has 0 N–H and O–H groups in total. The number of hydrogen-bond acceptors (Lipinski definition) is 4. The van der Waals surface area contributed by atoms with E-state index in [1.54, 1.807) is 13.8 Å². The molecule has 0 fully saturated rings. The first-order chi connectivity index (χ1) is 5.70. The van der Waals surface area contributed by atoms with E-state index >= 15 is 0 Å². The Kier molecular flexibility index (Phi) is 20.9. The summed E-state index contributed by atoms with van der Waals surface area (Å²) in [5.41, 5.74) is 0. The van der Waals surface area contributed by atoms with Crippen molar-refractivity contribution in [2.75, 3.05) is 13.2 Å². The van der Waals surface area contributed by atoms with Crippen molar-refractivity contribution in [1.29, 1.82) is 0 Å². The fraction of sp³-hybridized carbons (Fsp3) is 0.500. The van der Waals surface area contributed by atoms with Gasteiger partial charge in [0.1, 0.15) is 0 Å². The molecule has 14 heavy (non-hydrogen) atoms. The molecule has 0 spiro atoms. The van der Waals surface area contributed by atoms with Crippen LogP contribution < -0.4 is 0 Å². The third kappa shape index (κ3) is 13.2. The molecule has 0 aliphatic carbocycles. The first kappa shape index (κ1) is 20.6. The molecule has 0 aromatic carbocycles. The SMILES string of the molecule is CCOC(=O)/C=C/C(=O)OCC.[CaH2].[CaH2]. The summed E-state index contributed by atoms with van der Waals surface area (Å²) in [5.74, 6) is -1.07. The fourth-order valence-electron chi connectivity index (χ4n) is 0.517. The van der Waals surface area contributed by atoms with Gasteiger partial charge in [0.05, 0.1) is 13.2 Å². The Morgan fingerprint density at radius 1 is 0.929 bits per heavy atom. The maximum absolute atomic E-state index is 10.6. The Morgan fingerprint density at radius 2 is 1.21 bits per heavy atom. The van der Waals surface area contributed by atoms with Gasteiger partial charge in [0.2, 0.25) is 0 Å². The van der Waals surface area contributed by atoms with Gasteiger partial charge in [0, 0.05) is 12.2 Å². The van der Waals surface area contributed by atoms with Crippen molar-refractivity contribution in [3.8, 4) is 0 Å². The number of carbonyl (C=O) groups is 2. The van der Waals surface area contributed by atoms with Crippen LogP contribution in [0.25, 0.3) is 0 Å². The van der Waals surface area contributed by atoms with E-state index in [-0.39, 0.29) is 75.5 Å². The van der Waals surface area contributed by atoms with Gasteiger partial charge >= 0.3 is 87.4 Å². The van der Waals surface area contributed by atoms with Crippen LogP contribution in [0.15, 0.2) is 12.2 Å². The third-order valence-corrected chi connectivity index (χ3v) is 0.929. The summed E-state index contributed by atoms with van der Waals surface area (Å²) in [6.45, 7) is 3.98. The van der Waals surface area contributed by atoms with Gasteiger partial charge in [0.15, 0.2) is 0 Å². The van der Waals surface area contributed by atoms with Crippen LogP contribution in [-0.4, -0.2) is 101 Å². The zero-order valence-corrected chi connectivity index (χ0v) is 7.20. The Morgan fingerprint density at radius 3 is 1.43 bits per heavy atom. The monoisotopic (exact) mass is 256 g/mol. The van der Waals surface area contributed by atoms with Crippen LogP contribution in [0.3, 0.4) is 0 Å². The maximum atomic E-state index is 10.6. The number of carbonyl (C=O) groups excluding carboxylic acids is 2. The van der Waals surface area contributed by atoms with Gasteiger partial charge in [-0.2, -0.15) is 0 Å². The Bertz CT molecular complexity index is 172. The van der Waals surface area contributed by atoms with Crippen LogP contribution in [0, 0.1) is 0 Å². The number of hydrogen-bond donors (Lipinski definition) is 0. The van der Waals surface area contributed by atoms with Gasteiger partial charge in [-0.05, 0) is 13.8 Å². The third-order valence-electron chi connectivity index (χ3n) is 0.929. The van der Waals surface area contributed by atoms with Gasteiger partial charge in [-0.15, -0.1) is 0 Å². The second-order valence-corrected chi connectivity index (χ2v) is 1.84. The Balaban J connectivity index is -0.000000605. The molecule has 0 radical (unpaired) electrons. The predicted molar refractivity (Wildman–Crippen MR) is 59.5 cm³/mol. The van der Waals surface area contributed by atoms with Crippen molar-refractivity contribution in [2.24, 2.45) is 0 Å². The van der Waals surface area contributed by atoms with Crippen LogP contribution in [-0.2, 0) is 19.1 Å². The van der Waals surface area contributed by atoms with E-state index in [0.717, 1.165) is 12.2 Å². The summed E-state index contributed by atoms with van der Waals surface area (Å²) < 4.78 is 9.07. The molecule has 6 heteroatoms. The average Bonchev–Trinajstić information content (AvgIpc) is 2.02. The molecule has 76 valence electrons. The van der Waals surface area contributed by atoms with E-state index < -0.39 is 11.9 Å². The van der Waals surface area contributed by atoms with E-state index in [0.29, 0.717) is 13.2 Å². The summed E-state index contributed by atoms with van der Waals surface area (Å²) in [6, 6.07) is 0. The average molecular weight is 256 g/mol. The first-order valence-corrected chi connectivity index (χ1v) is 3.72. The molecule has 0 aliphatic heterocycles. The molecule has 0 amide bonds. The van der Waals surface area contributed by atoms with E-state index in [9.17, 15) is 9.59 Å². The van der Waals surface area contributed by atoms with Crippen molar-refractivity contribution in [3.63, 3.8) is 0 Å². The molecule has 0 rings (SSSR count). The van der Waals surface area contributed by atoms with Gasteiger partial charge in [0.25, 0.3) is 0 Å². The molecule has 0 atom stereocenters. The topological polar surface area (TPSA) is 52.6 Å². The van der Waals surface area contributed by atoms with Gasteiger partial charge < -0.3 is 9.47 Å². The second-order valence-electron chi connectivity index (χ2n) is 1.84. The Hall–Kier alpha value is 1.20. The minimum atomic E-state index is -0.537. The molecule has 0 aromatic heterocycles. The molecule has 0 saturated carbocycles. The normalized spacial score (nSPS) is 8.43. The van der Waals surface area contributed by atoms with Crippen LogP contribution in [0.1, 0.15) is 13.8 Å².